The Kier molecular flexibility index (Phi) is 4.61. The molecule has 22 heavy (non-hydrogen) atoms. The van der Waals surface area contributed by atoms with E-state index in [-0.39, 0.29) is 10.3 Å². The molecule has 0 saturated carbocycles. The summed E-state index contributed by atoms with van der Waals surface area (Å²) in [6.45, 7) is 8.40. The van der Waals surface area contributed by atoms with Gasteiger partial charge in [-0.15, -0.1) is 0 Å². The molecule has 2 rings (SSSR count). The average molecular weight is 317 g/mol. The SMILES string of the molecule is CCC(C)(C)c1ccc(S(=O)(=O)Nc2ccc(C)cc2)cc1. The van der Waals surface area contributed by atoms with Gasteiger partial charge in [-0.3, -0.25) is 4.72 Å². The highest BCUT2D eigenvalue weighted by Crippen LogP contribution is 2.27. The van der Waals surface area contributed by atoms with Gasteiger partial charge in [0, 0.05) is 5.69 Å². The summed E-state index contributed by atoms with van der Waals surface area (Å²) in [6.07, 6.45) is 1.00. The van der Waals surface area contributed by atoms with Crippen molar-refractivity contribution < 1.29 is 8.42 Å². The molecule has 0 saturated heterocycles. The highest BCUT2D eigenvalue weighted by Gasteiger charge is 2.20. The van der Waals surface area contributed by atoms with Crippen molar-refractivity contribution >= 4 is 15.7 Å². The Morgan fingerprint density at radius 3 is 2.00 bits per heavy atom. The first-order chi connectivity index (χ1) is 10.2. The van der Waals surface area contributed by atoms with E-state index in [9.17, 15) is 8.42 Å². The Morgan fingerprint density at radius 1 is 0.955 bits per heavy atom. The molecule has 0 aromatic heterocycles. The number of rotatable bonds is 5. The zero-order valence-electron chi connectivity index (χ0n) is 13.6. The zero-order chi connectivity index (χ0) is 16.4. The van der Waals surface area contributed by atoms with Crippen molar-refractivity contribution in [2.24, 2.45) is 0 Å². The van der Waals surface area contributed by atoms with Gasteiger partial charge in [0.15, 0.2) is 0 Å². The van der Waals surface area contributed by atoms with Gasteiger partial charge in [0.25, 0.3) is 10.0 Å². The monoisotopic (exact) mass is 317 g/mol. The topological polar surface area (TPSA) is 46.2 Å². The van der Waals surface area contributed by atoms with Gasteiger partial charge >= 0.3 is 0 Å². The molecule has 0 aliphatic rings. The van der Waals surface area contributed by atoms with E-state index in [2.05, 4.69) is 25.5 Å². The van der Waals surface area contributed by atoms with Crippen LogP contribution >= 0.6 is 0 Å². The van der Waals surface area contributed by atoms with Crippen LogP contribution < -0.4 is 4.72 Å². The minimum Gasteiger partial charge on any atom is -0.280 e. The van der Waals surface area contributed by atoms with E-state index in [1.54, 1.807) is 24.3 Å². The molecule has 118 valence electrons. The molecular weight excluding hydrogens is 294 g/mol. The van der Waals surface area contributed by atoms with Crippen molar-refractivity contribution in [2.45, 2.75) is 44.4 Å². The molecule has 0 unspecified atom stereocenters. The Balaban J connectivity index is 2.24. The molecule has 0 aliphatic heterocycles. The van der Waals surface area contributed by atoms with Crippen LogP contribution in [0.2, 0.25) is 0 Å². The number of hydrogen-bond donors (Lipinski definition) is 1. The largest absolute Gasteiger partial charge is 0.280 e. The molecule has 1 N–H and O–H groups in total. The van der Waals surface area contributed by atoms with Gasteiger partial charge in [0.2, 0.25) is 0 Å². The van der Waals surface area contributed by atoms with Crippen LogP contribution in [0.3, 0.4) is 0 Å². The van der Waals surface area contributed by atoms with Crippen LogP contribution in [0.15, 0.2) is 53.4 Å². The normalized spacial score (nSPS) is 12.2. The first-order valence-corrected chi connectivity index (χ1v) is 8.93. The Bertz CT molecular complexity index is 730. The molecule has 0 heterocycles. The fourth-order valence-corrected chi connectivity index (χ4v) is 3.18. The standard InChI is InChI=1S/C18H23NO2S/c1-5-18(3,4)15-8-12-17(13-9-15)22(20,21)19-16-10-6-14(2)7-11-16/h6-13,19H,5H2,1-4H3. The third-order valence-electron chi connectivity index (χ3n) is 4.13. The summed E-state index contributed by atoms with van der Waals surface area (Å²) in [5.41, 5.74) is 2.86. The van der Waals surface area contributed by atoms with Crippen molar-refractivity contribution in [1.82, 2.24) is 0 Å². The highest BCUT2D eigenvalue weighted by molar-refractivity contribution is 7.92. The molecule has 2 aromatic rings. The van der Waals surface area contributed by atoms with Gasteiger partial charge in [0.1, 0.15) is 0 Å². The fraction of sp³-hybridized carbons (Fsp3) is 0.333. The van der Waals surface area contributed by atoms with Crippen LogP contribution in [-0.2, 0) is 15.4 Å². The number of hydrogen-bond acceptors (Lipinski definition) is 2. The van der Waals surface area contributed by atoms with Gasteiger partial charge in [-0.2, -0.15) is 0 Å². The molecule has 0 amide bonds. The van der Waals surface area contributed by atoms with Crippen molar-refractivity contribution in [2.75, 3.05) is 4.72 Å². The first kappa shape index (κ1) is 16.6. The molecule has 0 atom stereocenters. The maximum absolute atomic E-state index is 12.4. The summed E-state index contributed by atoms with van der Waals surface area (Å²) in [7, 11) is -3.55. The highest BCUT2D eigenvalue weighted by atomic mass is 32.2. The van der Waals surface area contributed by atoms with Crippen LogP contribution in [0.5, 0.6) is 0 Å². The summed E-state index contributed by atoms with van der Waals surface area (Å²) in [5.74, 6) is 0. The summed E-state index contributed by atoms with van der Waals surface area (Å²) < 4.78 is 27.4. The lowest BCUT2D eigenvalue weighted by Gasteiger charge is -2.23. The summed E-state index contributed by atoms with van der Waals surface area (Å²) in [6, 6.07) is 14.4. The van der Waals surface area contributed by atoms with Crippen LogP contribution in [0.25, 0.3) is 0 Å². The van der Waals surface area contributed by atoms with Gasteiger partial charge < -0.3 is 0 Å². The van der Waals surface area contributed by atoms with Crippen LogP contribution in [0, 0.1) is 6.92 Å². The summed E-state index contributed by atoms with van der Waals surface area (Å²) >= 11 is 0. The Hall–Kier alpha value is -1.81. The number of benzene rings is 2. The lowest BCUT2D eigenvalue weighted by Crippen LogP contribution is -2.16. The van der Waals surface area contributed by atoms with Crippen LogP contribution in [0.1, 0.15) is 38.3 Å². The minimum absolute atomic E-state index is 0.0483. The summed E-state index contributed by atoms with van der Waals surface area (Å²) in [5, 5.41) is 0. The van der Waals surface area contributed by atoms with E-state index in [4.69, 9.17) is 0 Å². The number of aryl methyl sites for hydroxylation is 1. The molecule has 4 heteroatoms. The summed E-state index contributed by atoms with van der Waals surface area (Å²) in [4.78, 5) is 0.281. The lowest BCUT2D eigenvalue weighted by molar-refractivity contribution is 0.506. The molecule has 3 nitrogen and oxygen atoms in total. The van der Waals surface area contributed by atoms with Crippen molar-refractivity contribution in [3.8, 4) is 0 Å². The molecular formula is C18H23NO2S. The van der Waals surface area contributed by atoms with E-state index in [0.717, 1.165) is 17.5 Å². The van der Waals surface area contributed by atoms with Crippen LogP contribution in [-0.4, -0.2) is 8.42 Å². The quantitative estimate of drug-likeness (QED) is 0.883. The molecule has 0 spiro atoms. The van der Waals surface area contributed by atoms with E-state index < -0.39 is 10.0 Å². The van der Waals surface area contributed by atoms with Gasteiger partial charge in [-0.05, 0) is 48.6 Å². The maximum atomic E-state index is 12.4. The van der Waals surface area contributed by atoms with Crippen molar-refractivity contribution in [3.63, 3.8) is 0 Å². The maximum Gasteiger partial charge on any atom is 0.261 e. The predicted octanol–water partition coefficient (Wildman–Crippen LogP) is 4.48. The third kappa shape index (κ3) is 3.69. The number of sulfonamides is 1. The van der Waals surface area contributed by atoms with Gasteiger partial charge in [-0.25, -0.2) is 8.42 Å². The predicted molar refractivity (Wildman–Crippen MR) is 91.7 cm³/mol. The zero-order valence-corrected chi connectivity index (χ0v) is 14.4. The number of nitrogens with one attached hydrogen (secondary N) is 1. The van der Waals surface area contributed by atoms with Gasteiger partial charge in [0.05, 0.1) is 4.90 Å². The average Bonchev–Trinajstić information content (AvgIpc) is 2.49. The third-order valence-corrected chi connectivity index (χ3v) is 5.53. The molecule has 0 bridgehead atoms. The Morgan fingerprint density at radius 2 is 1.50 bits per heavy atom. The molecule has 0 aliphatic carbocycles. The second-order valence-corrected chi connectivity index (χ2v) is 7.92. The Labute approximate surface area is 133 Å². The van der Waals surface area contributed by atoms with E-state index >= 15 is 0 Å². The second kappa shape index (κ2) is 6.13. The van der Waals surface area contributed by atoms with E-state index in [0.29, 0.717) is 5.69 Å². The fourth-order valence-electron chi connectivity index (χ4n) is 2.13. The lowest BCUT2D eigenvalue weighted by atomic mass is 9.82. The number of anilines is 1. The van der Waals surface area contributed by atoms with E-state index in [1.807, 2.05) is 31.2 Å². The molecule has 2 aromatic carbocycles. The van der Waals surface area contributed by atoms with Crippen molar-refractivity contribution in [1.29, 1.82) is 0 Å². The minimum atomic E-state index is -3.55. The second-order valence-electron chi connectivity index (χ2n) is 6.23. The van der Waals surface area contributed by atoms with E-state index in [1.165, 1.54) is 0 Å². The molecule has 0 fully saturated rings. The smallest absolute Gasteiger partial charge is 0.261 e. The van der Waals surface area contributed by atoms with Crippen LogP contribution in [0.4, 0.5) is 5.69 Å². The van der Waals surface area contributed by atoms with Gasteiger partial charge in [-0.1, -0.05) is 50.6 Å². The first-order valence-electron chi connectivity index (χ1n) is 7.44. The van der Waals surface area contributed by atoms with Crippen molar-refractivity contribution in [3.05, 3.63) is 59.7 Å². The molecule has 0 radical (unpaired) electrons.